The minimum Gasteiger partial charge on any atom is -0.406 e. The van der Waals surface area contributed by atoms with Crippen LogP contribution < -0.4 is 20.7 Å². The predicted octanol–water partition coefficient (Wildman–Crippen LogP) is 4.20. The molecule has 172 valence electrons. The van der Waals surface area contributed by atoms with Gasteiger partial charge in [-0.3, -0.25) is 9.69 Å². The lowest BCUT2D eigenvalue weighted by Gasteiger charge is -2.35. The van der Waals surface area contributed by atoms with Gasteiger partial charge in [0.15, 0.2) is 0 Å². The molecule has 1 aliphatic rings. The molecule has 1 unspecified atom stereocenters. The highest BCUT2D eigenvalue weighted by Gasteiger charge is 2.31. The molecule has 10 heteroatoms. The second-order valence-corrected chi connectivity index (χ2v) is 7.51. The third-order valence-electron chi connectivity index (χ3n) is 5.18. The number of hydrogen-bond donors (Lipinski definition) is 3. The van der Waals surface area contributed by atoms with E-state index in [1.54, 1.807) is 19.1 Å². The van der Waals surface area contributed by atoms with Crippen molar-refractivity contribution < 1.29 is 27.5 Å². The molecule has 1 saturated heterocycles. The average molecular weight is 450 g/mol. The van der Waals surface area contributed by atoms with Crippen molar-refractivity contribution in [1.29, 1.82) is 0 Å². The fraction of sp³-hybridized carbons (Fsp3) is 0.364. The third kappa shape index (κ3) is 7.16. The lowest BCUT2D eigenvalue weighted by Crippen LogP contribution is -2.51. The van der Waals surface area contributed by atoms with E-state index in [1.165, 1.54) is 12.1 Å². The Morgan fingerprint density at radius 3 is 2.16 bits per heavy atom. The van der Waals surface area contributed by atoms with Gasteiger partial charge in [-0.15, -0.1) is 13.2 Å². The number of alkyl halides is 3. The molecule has 3 rings (SSSR count). The SMILES string of the molecule is CC(C(=O)Nc1ccc(OC(F)(F)F)cc1)N1CCC(NC(=O)Nc2ccccc2)CC1. The van der Waals surface area contributed by atoms with Crippen molar-refractivity contribution in [3.05, 3.63) is 54.6 Å². The number of hydrogen-bond acceptors (Lipinski definition) is 4. The maximum absolute atomic E-state index is 12.5. The van der Waals surface area contributed by atoms with Gasteiger partial charge in [-0.1, -0.05) is 18.2 Å². The Kier molecular flexibility index (Phi) is 7.57. The first-order valence-corrected chi connectivity index (χ1v) is 10.2. The van der Waals surface area contributed by atoms with E-state index >= 15 is 0 Å². The summed E-state index contributed by atoms with van der Waals surface area (Å²) >= 11 is 0. The number of benzene rings is 2. The van der Waals surface area contributed by atoms with Gasteiger partial charge in [0, 0.05) is 30.5 Å². The second-order valence-electron chi connectivity index (χ2n) is 7.51. The lowest BCUT2D eigenvalue weighted by atomic mass is 10.0. The summed E-state index contributed by atoms with van der Waals surface area (Å²) in [7, 11) is 0. The fourth-order valence-electron chi connectivity index (χ4n) is 3.46. The molecule has 0 saturated carbocycles. The molecular weight excluding hydrogens is 425 g/mol. The van der Waals surface area contributed by atoms with Gasteiger partial charge in [0.05, 0.1) is 6.04 Å². The molecule has 0 aliphatic carbocycles. The van der Waals surface area contributed by atoms with E-state index in [0.717, 1.165) is 12.1 Å². The van der Waals surface area contributed by atoms with E-state index in [-0.39, 0.29) is 23.7 Å². The van der Waals surface area contributed by atoms with Crippen LogP contribution in [0.5, 0.6) is 5.75 Å². The van der Waals surface area contributed by atoms with E-state index in [0.29, 0.717) is 37.3 Å². The number of carbonyl (C=O) groups is 2. The highest BCUT2D eigenvalue weighted by molar-refractivity contribution is 5.94. The summed E-state index contributed by atoms with van der Waals surface area (Å²) in [5.74, 6) is -0.614. The zero-order valence-electron chi connectivity index (χ0n) is 17.5. The van der Waals surface area contributed by atoms with E-state index in [1.807, 2.05) is 23.1 Å². The van der Waals surface area contributed by atoms with Gasteiger partial charge in [-0.2, -0.15) is 0 Å². The third-order valence-corrected chi connectivity index (χ3v) is 5.18. The number of ether oxygens (including phenoxy) is 1. The highest BCUT2D eigenvalue weighted by Crippen LogP contribution is 2.24. The maximum atomic E-state index is 12.5. The predicted molar refractivity (Wildman–Crippen MR) is 114 cm³/mol. The van der Waals surface area contributed by atoms with Crippen molar-refractivity contribution in [1.82, 2.24) is 10.2 Å². The fourth-order valence-corrected chi connectivity index (χ4v) is 3.46. The summed E-state index contributed by atoms with van der Waals surface area (Å²) < 4.78 is 40.5. The van der Waals surface area contributed by atoms with Crippen LogP contribution in [0.2, 0.25) is 0 Å². The van der Waals surface area contributed by atoms with Gasteiger partial charge < -0.3 is 20.7 Å². The first-order chi connectivity index (χ1) is 15.2. The Balaban J connectivity index is 1.43. The Labute approximate surface area is 183 Å². The number of rotatable bonds is 6. The number of anilines is 2. The van der Waals surface area contributed by atoms with Crippen LogP contribution in [0.15, 0.2) is 54.6 Å². The number of piperidine rings is 1. The Bertz CT molecular complexity index is 899. The van der Waals surface area contributed by atoms with E-state index in [2.05, 4.69) is 20.7 Å². The zero-order chi connectivity index (χ0) is 23.1. The summed E-state index contributed by atoms with van der Waals surface area (Å²) in [4.78, 5) is 26.7. The highest BCUT2D eigenvalue weighted by atomic mass is 19.4. The number of urea groups is 1. The van der Waals surface area contributed by atoms with Crippen LogP contribution in [0.25, 0.3) is 0 Å². The van der Waals surface area contributed by atoms with Crippen molar-refractivity contribution in [3.8, 4) is 5.75 Å². The van der Waals surface area contributed by atoms with Crippen LogP contribution >= 0.6 is 0 Å². The number of nitrogens with one attached hydrogen (secondary N) is 3. The second kappa shape index (κ2) is 10.4. The zero-order valence-corrected chi connectivity index (χ0v) is 17.5. The molecule has 3 amide bonds. The first-order valence-electron chi connectivity index (χ1n) is 10.2. The van der Waals surface area contributed by atoms with E-state index in [4.69, 9.17) is 0 Å². The normalized spacial score (nSPS) is 16.1. The number of para-hydroxylation sites is 1. The van der Waals surface area contributed by atoms with Gasteiger partial charge in [0.25, 0.3) is 0 Å². The number of amides is 3. The van der Waals surface area contributed by atoms with Gasteiger partial charge >= 0.3 is 12.4 Å². The average Bonchev–Trinajstić information content (AvgIpc) is 2.75. The van der Waals surface area contributed by atoms with Crippen molar-refractivity contribution in [3.63, 3.8) is 0 Å². The van der Waals surface area contributed by atoms with Crippen molar-refractivity contribution in [2.75, 3.05) is 23.7 Å². The summed E-state index contributed by atoms with van der Waals surface area (Å²) in [6, 6.07) is 13.5. The molecular formula is C22H25F3N4O3. The molecule has 2 aromatic carbocycles. The summed E-state index contributed by atoms with van der Waals surface area (Å²) in [5.41, 5.74) is 1.09. The standard InChI is InChI=1S/C22H25F3N4O3/c1-15(20(30)26-17-7-9-19(10-8-17)32-22(23,24)25)29-13-11-18(12-14-29)28-21(31)27-16-5-3-2-4-6-16/h2-10,15,18H,11-14H2,1H3,(H,26,30)(H2,27,28,31). The first kappa shape index (κ1) is 23.4. The molecule has 1 fully saturated rings. The van der Waals surface area contributed by atoms with Crippen molar-refractivity contribution in [2.24, 2.45) is 0 Å². The maximum Gasteiger partial charge on any atom is 0.573 e. The largest absolute Gasteiger partial charge is 0.573 e. The molecule has 32 heavy (non-hydrogen) atoms. The van der Waals surface area contributed by atoms with Gasteiger partial charge in [-0.25, -0.2) is 4.79 Å². The Hall–Kier alpha value is -3.27. The minimum atomic E-state index is -4.76. The lowest BCUT2D eigenvalue weighted by molar-refractivity contribution is -0.274. The summed E-state index contributed by atoms with van der Waals surface area (Å²) in [6.45, 7) is 3.03. The van der Waals surface area contributed by atoms with Crippen LogP contribution in [0.4, 0.5) is 29.3 Å². The van der Waals surface area contributed by atoms with Crippen molar-refractivity contribution >= 4 is 23.3 Å². The molecule has 1 aliphatic heterocycles. The number of nitrogens with zero attached hydrogens (tertiary/aromatic N) is 1. The molecule has 3 N–H and O–H groups in total. The molecule has 7 nitrogen and oxygen atoms in total. The smallest absolute Gasteiger partial charge is 0.406 e. The number of likely N-dealkylation sites (tertiary alicyclic amines) is 1. The molecule has 2 aromatic rings. The minimum absolute atomic E-state index is 0.00593. The quantitative estimate of drug-likeness (QED) is 0.616. The molecule has 0 radical (unpaired) electrons. The monoisotopic (exact) mass is 450 g/mol. The van der Waals surface area contributed by atoms with Gasteiger partial charge in [0.2, 0.25) is 5.91 Å². The van der Waals surface area contributed by atoms with Crippen LogP contribution in [0.1, 0.15) is 19.8 Å². The molecule has 1 heterocycles. The summed E-state index contributed by atoms with van der Waals surface area (Å²) in [6.07, 6.45) is -3.37. The molecule has 0 bridgehead atoms. The topological polar surface area (TPSA) is 82.7 Å². The Morgan fingerprint density at radius 1 is 0.969 bits per heavy atom. The van der Waals surface area contributed by atoms with Crippen molar-refractivity contribution in [2.45, 2.75) is 38.2 Å². The molecule has 0 aromatic heterocycles. The van der Waals surface area contributed by atoms with Crippen LogP contribution in [-0.4, -0.2) is 48.4 Å². The van der Waals surface area contributed by atoms with Gasteiger partial charge in [-0.05, 0) is 56.2 Å². The molecule has 0 spiro atoms. The number of carbonyl (C=O) groups excluding carboxylic acids is 2. The van der Waals surface area contributed by atoms with E-state index in [9.17, 15) is 22.8 Å². The van der Waals surface area contributed by atoms with Crippen LogP contribution in [0, 0.1) is 0 Å². The Morgan fingerprint density at radius 2 is 1.56 bits per heavy atom. The van der Waals surface area contributed by atoms with E-state index < -0.39 is 12.4 Å². The molecule has 1 atom stereocenters. The van der Waals surface area contributed by atoms with Crippen LogP contribution in [-0.2, 0) is 4.79 Å². The number of halogens is 3. The van der Waals surface area contributed by atoms with Crippen LogP contribution in [0.3, 0.4) is 0 Å². The summed E-state index contributed by atoms with van der Waals surface area (Å²) in [5, 5.41) is 8.44. The van der Waals surface area contributed by atoms with Gasteiger partial charge in [0.1, 0.15) is 5.75 Å².